The normalized spacial score (nSPS) is 17.7. The summed E-state index contributed by atoms with van der Waals surface area (Å²) in [6, 6.07) is 6.28. The molecular weight excluding hydrogens is 309 g/mol. The summed E-state index contributed by atoms with van der Waals surface area (Å²) in [5.41, 5.74) is 0.944. The smallest absolute Gasteiger partial charge is 0.237 e. The van der Waals surface area contributed by atoms with Crippen molar-refractivity contribution < 1.29 is 14.3 Å². The third kappa shape index (κ3) is 5.00. The highest BCUT2D eigenvalue weighted by Crippen LogP contribution is 2.20. The molecule has 1 heterocycles. The fraction of sp³-hybridized carbons (Fsp3) is 0.611. The first kappa shape index (κ1) is 18.8. The second-order valence-electron chi connectivity index (χ2n) is 6.25. The Balaban J connectivity index is 1.90. The first-order chi connectivity index (χ1) is 11.5. The van der Waals surface area contributed by atoms with Crippen molar-refractivity contribution in [2.24, 2.45) is 0 Å². The molecule has 0 bridgehead atoms. The molecule has 0 spiro atoms. The molecule has 1 fully saturated rings. The number of piperazine rings is 1. The van der Waals surface area contributed by atoms with E-state index in [0.29, 0.717) is 19.6 Å². The number of likely N-dealkylation sites (N-methyl/N-ethyl adjacent to an activating group) is 1. The Kier molecular flexibility index (Phi) is 7.15. The summed E-state index contributed by atoms with van der Waals surface area (Å²) >= 11 is 0. The summed E-state index contributed by atoms with van der Waals surface area (Å²) in [5, 5.41) is 8.98. The van der Waals surface area contributed by atoms with Gasteiger partial charge in [0.2, 0.25) is 5.91 Å². The first-order valence-electron chi connectivity index (χ1n) is 8.65. The highest BCUT2D eigenvalue weighted by molar-refractivity contribution is 5.78. The molecule has 24 heavy (non-hydrogen) atoms. The second kappa shape index (κ2) is 9.11. The van der Waals surface area contributed by atoms with Gasteiger partial charge in [0.15, 0.2) is 0 Å². The van der Waals surface area contributed by atoms with Crippen LogP contribution in [0.15, 0.2) is 24.3 Å². The van der Waals surface area contributed by atoms with Crippen molar-refractivity contribution >= 4 is 5.91 Å². The standard InChI is InChI=1S/C18H28FN3O2/c1-3-22(15(2)16-4-6-17(19)7-5-16)18(24)14-21-10-8-20(9-11-21)12-13-23/h4-7,15,23H,3,8-14H2,1-2H3. The molecule has 1 N–H and O–H groups in total. The second-order valence-corrected chi connectivity index (χ2v) is 6.25. The molecular formula is C18H28FN3O2. The van der Waals surface area contributed by atoms with Gasteiger partial charge in [0.05, 0.1) is 19.2 Å². The quantitative estimate of drug-likeness (QED) is 0.816. The average Bonchev–Trinajstić information content (AvgIpc) is 2.58. The summed E-state index contributed by atoms with van der Waals surface area (Å²) in [6.45, 7) is 9.31. The lowest BCUT2D eigenvalue weighted by Gasteiger charge is -2.36. The minimum absolute atomic E-state index is 0.0706. The van der Waals surface area contributed by atoms with Crippen LogP contribution in [0.25, 0.3) is 0 Å². The van der Waals surface area contributed by atoms with Gasteiger partial charge in [0, 0.05) is 39.3 Å². The number of β-amino-alcohol motifs (C(OH)–C–C–N with tert-alkyl or cyclic N) is 1. The summed E-state index contributed by atoms with van der Waals surface area (Å²) in [4.78, 5) is 18.9. The lowest BCUT2D eigenvalue weighted by Crippen LogP contribution is -2.50. The number of halogens is 1. The number of aliphatic hydroxyl groups excluding tert-OH is 1. The number of carbonyl (C=O) groups is 1. The van der Waals surface area contributed by atoms with Gasteiger partial charge < -0.3 is 10.0 Å². The van der Waals surface area contributed by atoms with Gasteiger partial charge in [0.25, 0.3) is 0 Å². The minimum Gasteiger partial charge on any atom is -0.395 e. The van der Waals surface area contributed by atoms with E-state index in [0.717, 1.165) is 31.7 Å². The van der Waals surface area contributed by atoms with E-state index in [1.807, 2.05) is 18.7 Å². The van der Waals surface area contributed by atoms with E-state index in [4.69, 9.17) is 5.11 Å². The number of benzene rings is 1. The van der Waals surface area contributed by atoms with Crippen LogP contribution in [0.2, 0.25) is 0 Å². The van der Waals surface area contributed by atoms with Gasteiger partial charge in [-0.05, 0) is 31.5 Å². The summed E-state index contributed by atoms with van der Waals surface area (Å²) in [7, 11) is 0. The molecule has 0 aliphatic carbocycles. The Morgan fingerprint density at radius 3 is 2.33 bits per heavy atom. The Labute approximate surface area is 143 Å². The maximum Gasteiger partial charge on any atom is 0.237 e. The van der Waals surface area contributed by atoms with Crippen LogP contribution in [0.4, 0.5) is 4.39 Å². The third-order valence-electron chi connectivity index (χ3n) is 4.72. The van der Waals surface area contributed by atoms with E-state index in [2.05, 4.69) is 9.80 Å². The molecule has 0 radical (unpaired) electrons. The predicted molar refractivity (Wildman–Crippen MR) is 92.2 cm³/mol. The SMILES string of the molecule is CCN(C(=O)CN1CCN(CCO)CC1)C(C)c1ccc(F)cc1. The average molecular weight is 337 g/mol. The van der Waals surface area contributed by atoms with Crippen LogP contribution in [0.1, 0.15) is 25.5 Å². The number of nitrogens with zero attached hydrogens (tertiary/aromatic N) is 3. The topological polar surface area (TPSA) is 47.0 Å². The molecule has 1 aromatic carbocycles. The van der Waals surface area contributed by atoms with E-state index < -0.39 is 0 Å². The van der Waals surface area contributed by atoms with Gasteiger partial charge in [-0.15, -0.1) is 0 Å². The van der Waals surface area contributed by atoms with Crippen molar-refractivity contribution in [2.45, 2.75) is 19.9 Å². The van der Waals surface area contributed by atoms with Crippen LogP contribution in [0.3, 0.4) is 0 Å². The molecule has 1 atom stereocenters. The summed E-state index contributed by atoms with van der Waals surface area (Å²) in [5.74, 6) is -0.161. The van der Waals surface area contributed by atoms with Crippen molar-refractivity contribution in [2.75, 3.05) is 52.4 Å². The minimum atomic E-state index is -0.263. The Morgan fingerprint density at radius 2 is 1.79 bits per heavy atom. The molecule has 1 aliphatic rings. The van der Waals surface area contributed by atoms with Gasteiger partial charge in [-0.1, -0.05) is 12.1 Å². The van der Waals surface area contributed by atoms with Crippen LogP contribution in [0.5, 0.6) is 0 Å². The Bertz CT molecular complexity index is 516. The fourth-order valence-corrected chi connectivity index (χ4v) is 3.18. The zero-order valence-electron chi connectivity index (χ0n) is 14.6. The number of amides is 1. The van der Waals surface area contributed by atoms with Gasteiger partial charge >= 0.3 is 0 Å². The van der Waals surface area contributed by atoms with Gasteiger partial charge in [-0.3, -0.25) is 14.6 Å². The maximum absolute atomic E-state index is 13.1. The van der Waals surface area contributed by atoms with E-state index in [1.165, 1.54) is 12.1 Å². The first-order valence-corrected chi connectivity index (χ1v) is 8.65. The molecule has 1 aromatic rings. The molecule has 2 rings (SSSR count). The van der Waals surface area contributed by atoms with Crippen LogP contribution in [-0.2, 0) is 4.79 Å². The predicted octanol–water partition coefficient (Wildman–Crippen LogP) is 1.35. The monoisotopic (exact) mass is 337 g/mol. The van der Waals surface area contributed by atoms with E-state index in [-0.39, 0.29) is 24.4 Å². The highest BCUT2D eigenvalue weighted by Gasteiger charge is 2.24. The molecule has 5 nitrogen and oxygen atoms in total. The lowest BCUT2D eigenvalue weighted by atomic mass is 10.1. The zero-order valence-corrected chi connectivity index (χ0v) is 14.6. The number of carbonyl (C=O) groups excluding carboxylic acids is 1. The van der Waals surface area contributed by atoms with Crippen LogP contribution < -0.4 is 0 Å². The molecule has 1 amide bonds. The van der Waals surface area contributed by atoms with Gasteiger partial charge in [-0.2, -0.15) is 0 Å². The van der Waals surface area contributed by atoms with E-state index in [1.54, 1.807) is 12.1 Å². The number of hydrogen-bond donors (Lipinski definition) is 1. The summed E-state index contributed by atoms with van der Waals surface area (Å²) < 4.78 is 13.1. The molecule has 1 unspecified atom stereocenters. The maximum atomic E-state index is 13.1. The highest BCUT2D eigenvalue weighted by atomic mass is 19.1. The van der Waals surface area contributed by atoms with E-state index >= 15 is 0 Å². The fourth-order valence-electron chi connectivity index (χ4n) is 3.18. The van der Waals surface area contributed by atoms with Crippen molar-refractivity contribution in [1.82, 2.24) is 14.7 Å². The largest absolute Gasteiger partial charge is 0.395 e. The van der Waals surface area contributed by atoms with Gasteiger partial charge in [-0.25, -0.2) is 4.39 Å². The summed E-state index contributed by atoms with van der Waals surface area (Å²) in [6.07, 6.45) is 0. The number of aliphatic hydroxyl groups is 1. The van der Waals surface area contributed by atoms with Crippen molar-refractivity contribution in [3.8, 4) is 0 Å². The molecule has 134 valence electrons. The van der Waals surface area contributed by atoms with Crippen molar-refractivity contribution in [3.05, 3.63) is 35.6 Å². The number of rotatable bonds is 7. The molecule has 1 saturated heterocycles. The Hall–Kier alpha value is -1.50. The molecule has 6 heteroatoms. The molecule has 0 aromatic heterocycles. The lowest BCUT2D eigenvalue weighted by molar-refractivity contribution is -0.134. The van der Waals surface area contributed by atoms with Crippen molar-refractivity contribution in [3.63, 3.8) is 0 Å². The Morgan fingerprint density at radius 1 is 1.21 bits per heavy atom. The van der Waals surface area contributed by atoms with Crippen LogP contribution in [-0.4, -0.2) is 78.1 Å². The third-order valence-corrected chi connectivity index (χ3v) is 4.72. The van der Waals surface area contributed by atoms with Crippen molar-refractivity contribution in [1.29, 1.82) is 0 Å². The van der Waals surface area contributed by atoms with Crippen LogP contribution >= 0.6 is 0 Å². The number of hydrogen-bond acceptors (Lipinski definition) is 4. The zero-order chi connectivity index (χ0) is 17.5. The van der Waals surface area contributed by atoms with Gasteiger partial charge in [0.1, 0.15) is 5.82 Å². The molecule has 1 aliphatic heterocycles. The molecule has 0 saturated carbocycles. The van der Waals surface area contributed by atoms with E-state index in [9.17, 15) is 9.18 Å². The van der Waals surface area contributed by atoms with Crippen LogP contribution in [0, 0.1) is 5.82 Å².